The Bertz CT molecular complexity index is 3860. The third-order valence-corrected chi connectivity index (χ3v) is 16.1. The molecule has 6 aromatic carbocycles. The molecular weight excluding hydrogens is 1120 g/mol. The predicted molar refractivity (Wildman–Crippen MR) is 278 cm³/mol. The molecule has 12 amide bonds. The third kappa shape index (κ3) is 6.77. The molecule has 4 N–H and O–H groups in total. The SMILES string of the molecule is O=C(O)C(CN1C(=O)c2ccc3c4c(ccc(c24)C1=O)C(=O)N(CC(C(=O)O)N1C(=O)c2ccc4c5c(ccc(c25)C1=O)C(=O)N([C@@H](CS)C(=O)O)C4=O)C3=O)N1C(=O)c2ccc3c4c(ccc(c24)C1=O)C(=O)N([C@@H](CS)C(=O)O)C3=O. The van der Waals surface area contributed by atoms with Crippen LogP contribution in [-0.2, 0) is 19.2 Å². The summed E-state index contributed by atoms with van der Waals surface area (Å²) in [5.41, 5.74) is -3.96. The minimum atomic E-state index is -2.31. The van der Waals surface area contributed by atoms with Crippen LogP contribution in [0, 0.1) is 0 Å². The molecule has 82 heavy (non-hydrogen) atoms. The molecule has 0 saturated heterocycles. The largest absolute Gasteiger partial charge is 0.480 e. The quantitative estimate of drug-likeness (QED) is 0.0669. The van der Waals surface area contributed by atoms with Crippen molar-refractivity contribution < 1.29 is 97.1 Å². The maximum Gasteiger partial charge on any atom is 0.328 e. The second-order valence-electron chi connectivity index (χ2n) is 19.4. The van der Waals surface area contributed by atoms with Crippen molar-refractivity contribution in [2.75, 3.05) is 24.6 Å². The maximum absolute atomic E-state index is 14.5. The topological polar surface area (TPSA) is 373 Å². The van der Waals surface area contributed by atoms with Gasteiger partial charge < -0.3 is 20.4 Å². The van der Waals surface area contributed by atoms with Crippen LogP contribution in [0.1, 0.15) is 124 Å². The number of aliphatic carboxylic acids is 4. The van der Waals surface area contributed by atoms with E-state index in [-0.39, 0.29) is 109 Å². The summed E-state index contributed by atoms with van der Waals surface area (Å²) < 4.78 is 0. The molecule has 0 aromatic heterocycles. The van der Waals surface area contributed by atoms with Crippen molar-refractivity contribution in [2.45, 2.75) is 24.2 Å². The van der Waals surface area contributed by atoms with Crippen molar-refractivity contribution in [2.24, 2.45) is 0 Å². The maximum atomic E-state index is 14.5. The Labute approximate surface area is 465 Å². The number of thiol groups is 2. The summed E-state index contributed by atoms with van der Waals surface area (Å²) >= 11 is 7.95. The minimum absolute atomic E-state index is 0.184. The van der Waals surface area contributed by atoms with Gasteiger partial charge in [0.2, 0.25) is 0 Å². The van der Waals surface area contributed by atoms with E-state index in [1.807, 2.05) is 0 Å². The zero-order valence-corrected chi connectivity index (χ0v) is 42.8. The van der Waals surface area contributed by atoms with Crippen LogP contribution in [0.15, 0.2) is 72.8 Å². The van der Waals surface area contributed by atoms with Gasteiger partial charge in [0.05, 0.1) is 13.1 Å². The molecule has 6 aromatic rings. The summed E-state index contributed by atoms with van der Waals surface area (Å²) in [6, 6.07) is 4.85. The van der Waals surface area contributed by atoms with Crippen molar-refractivity contribution >= 4 is 152 Å². The fraction of sp³-hybridized carbons (Fsp3) is 0.148. The highest BCUT2D eigenvalue weighted by atomic mass is 32.1. The fourth-order valence-corrected chi connectivity index (χ4v) is 12.3. The zero-order chi connectivity index (χ0) is 58.7. The Morgan fingerprint density at radius 1 is 0.280 bits per heavy atom. The number of imide groups is 6. The van der Waals surface area contributed by atoms with Gasteiger partial charge in [0.25, 0.3) is 70.9 Å². The minimum Gasteiger partial charge on any atom is -0.480 e. The first-order chi connectivity index (χ1) is 39.0. The lowest BCUT2D eigenvalue weighted by Crippen LogP contribution is -2.58. The molecule has 0 spiro atoms. The van der Waals surface area contributed by atoms with E-state index in [2.05, 4.69) is 25.3 Å². The highest BCUT2D eigenvalue weighted by Gasteiger charge is 2.51. The molecule has 6 aliphatic heterocycles. The summed E-state index contributed by atoms with van der Waals surface area (Å²) in [5, 5.41) is 39.4. The molecule has 2 unspecified atom stereocenters. The van der Waals surface area contributed by atoms with E-state index in [0.29, 0.717) is 19.6 Å². The Kier molecular flexibility index (Phi) is 11.5. The van der Waals surface area contributed by atoms with Gasteiger partial charge >= 0.3 is 23.9 Å². The van der Waals surface area contributed by atoms with Gasteiger partial charge in [0.15, 0.2) is 12.1 Å². The molecule has 12 rings (SSSR count). The Hall–Kier alpha value is -10.5. The first-order valence-corrected chi connectivity index (χ1v) is 25.4. The monoisotopic (exact) mass is 1150 g/mol. The van der Waals surface area contributed by atoms with Crippen LogP contribution in [0.5, 0.6) is 0 Å². The normalized spacial score (nSPS) is 17.7. The first-order valence-electron chi connectivity index (χ1n) is 24.1. The summed E-state index contributed by atoms with van der Waals surface area (Å²) in [4.78, 5) is 223. The van der Waals surface area contributed by atoms with Gasteiger partial charge in [-0.1, -0.05) is 0 Å². The Morgan fingerprint density at radius 2 is 0.427 bits per heavy atom. The standard InChI is InChI=1S/C54H30N6O20S2/c61-39-17-1-2-18-34-20(42(64)56(40(18)62)14-30(52(75)76)58-45(67)23-7-11-27-38-28(12-8-24(36(23)38)46(58)68)50(72)60(49(27)71)32(16-82)54(79)80)4-3-19(33(17)34)41(63)55(39)13-29(51(73)74)57-43(65)21-5-9-25-37-26(10-6-22(35(21)37)44(57)66)48(70)59(47(25)69)31(15-81)53(77)78/h1-12,29-32,81-82H,13-16H2,(H,73,74)(H,75,76)(H,77,78)(H,79,80)/t29?,30?,31-,32-/m0/s1. The van der Waals surface area contributed by atoms with Gasteiger partial charge in [-0.25, -0.2) is 19.2 Å². The molecule has 0 fully saturated rings. The van der Waals surface area contributed by atoms with E-state index in [9.17, 15) is 97.1 Å². The van der Waals surface area contributed by atoms with Crippen LogP contribution >= 0.6 is 25.3 Å². The summed E-state index contributed by atoms with van der Waals surface area (Å²) in [5.74, 6) is -22.0. The zero-order valence-electron chi connectivity index (χ0n) is 41.0. The van der Waals surface area contributed by atoms with Gasteiger partial charge in [-0.15, -0.1) is 0 Å². The summed E-state index contributed by atoms with van der Waals surface area (Å²) in [7, 11) is 0. The van der Waals surface area contributed by atoms with Gasteiger partial charge in [-0.05, 0) is 72.8 Å². The number of rotatable bonds is 14. The smallest absolute Gasteiger partial charge is 0.328 e. The average Bonchev–Trinajstić information content (AvgIpc) is 1.54. The Balaban J connectivity index is 0.832. The van der Waals surface area contributed by atoms with Crippen LogP contribution in [0.4, 0.5) is 0 Å². The second kappa shape index (κ2) is 18.0. The van der Waals surface area contributed by atoms with Gasteiger partial charge in [0, 0.05) is 111 Å². The number of amides is 12. The molecule has 26 nitrogen and oxygen atoms in total. The lowest BCUT2D eigenvalue weighted by molar-refractivity contribution is -0.142. The molecule has 4 atom stereocenters. The highest BCUT2D eigenvalue weighted by Crippen LogP contribution is 2.43. The first kappa shape index (κ1) is 52.2. The molecule has 408 valence electrons. The van der Waals surface area contributed by atoms with Crippen molar-refractivity contribution in [3.05, 3.63) is 140 Å². The lowest BCUT2D eigenvalue weighted by Gasteiger charge is -2.37. The fourth-order valence-electron chi connectivity index (χ4n) is 11.7. The lowest BCUT2D eigenvalue weighted by atomic mass is 9.84. The van der Waals surface area contributed by atoms with E-state index < -0.39 is 144 Å². The number of benzene rings is 6. The molecule has 28 heteroatoms. The average molecular weight is 1150 g/mol. The van der Waals surface area contributed by atoms with Gasteiger partial charge in [-0.2, -0.15) is 25.3 Å². The van der Waals surface area contributed by atoms with Gasteiger partial charge in [-0.3, -0.25) is 86.9 Å². The number of hydrogen-bond acceptors (Lipinski definition) is 18. The van der Waals surface area contributed by atoms with E-state index in [1.165, 1.54) is 0 Å². The van der Waals surface area contributed by atoms with Crippen molar-refractivity contribution in [1.82, 2.24) is 29.4 Å². The Morgan fingerprint density at radius 3 is 0.573 bits per heavy atom. The number of carboxylic acid groups (broad SMARTS) is 4. The number of hydrogen-bond donors (Lipinski definition) is 6. The predicted octanol–water partition coefficient (Wildman–Crippen LogP) is 1.80. The number of carbonyl (C=O) groups excluding carboxylic acids is 12. The third-order valence-electron chi connectivity index (χ3n) is 15.4. The van der Waals surface area contributed by atoms with E-state index in [4.69, 9.17) is 0 Å². The summed E-state index contributed by atoms with van der Waals surface area (Å²) in [6.45, 7) is -2.35. The van der Waals surface area contributed by atoms with Crippen molar-refractivity contribution in [3.8, 4) is 0 Å². The van der Waals surface area contributed by atoms with Crippen LogP contribution in [0.2, 0.25) is 0 Å². The molecule has 0 radical (unpaired) electrons. The molecule has 0 saturated carbocycles. The van der Waals surface area contributed by atoms with Crippen LogP contribution in [-0.4, -0.2) is 193 Å². The van der Waals surface area contributed by atoms with Gasteiger partial charge in [0.1, 0.15) is 12.1 Å². The van der Waals surface area contributed by atoms with E-state index >= 15 is 0 Å². The molecule has 0 bridgehead atoms. The van der Waals surface area contributed by atoms with Crippen LogP contribution in [0.3, 0.4) is 0 Å². The van der Waals surface area contributed by atoms with Crippen molar-refractivity contribution in [1.29, 1.82) is 0 Å². The number of carbonyl (C=O) groups is 16. The van der Waals surface area contributed by atoms with Crippen LogP contribution < -0.4 is 0 Å². The highest BCUT2D eigenvalue weighted by molar-refractivity contribution is 7.80. The number of carboxylic acids is 4. The number of nitrogens with zero attached hydrogens (tertiary/aromatic N) is 6. The summed E-state index contributed by atoms with van der Waals surface area (Å²) in [6.07, 6.45) is 0. The molecule has 0 aliphatic carbocycles. The van der Waals surface area contributed by atoms with Crippen molar-refractivity contribution in [3.63, 3.8) is 0 Å². The molecular formula is C54H30N6O20S2. The second-order valence-corrected chi connectivity index (χ2v) is 20.1. The molecule has 6 aliphatic rings. The van der Waals surface area contributed by atoms with Crippen LogP contribution in [0.25, 0.3) is 32.3 Å². The van der Waals surface area contributed by atoms with E-state index in [0.717, 1.165) is 72.8 Å². The van der Waals surface area contributed by atoms with E-state index in [1.54, 1.807) is 0 Å². The molecule has 6 heterocycles.